The molecule has 7 heterocycles. The Labute approximate surface area is 831 Å². The van der Waals surface area contributed by atoms with Crippen LogP contribution in [-0.2, 0) is 64.6 Å². The minimum atomic E-state index is -3.65. The lowest BCUT2D eigenvalue weighted by molar-refractivity contribution is 0.0302. The third-order valence-corrected chi connectivity index (χ3v) is 27.0. The third-order valence-electron chi connectivity index (χ3n) is 22.9. The highest BCUT2D eigenvalue weighted by molar-refractivity contribution is 7.92. The zero-order valence-electron chi connectivity index (χ0n) is 80.0. The molecule has 15 rings (SSSR count). The van der Waals surface area contributed by atoms with Crippen LogP contribution < -0.4 is 70.9 Å². The maximum absolute atomic E-state index is 13.8. The second-order valence-corrected chi connectivity index (χ2v) is 44.2. The molecule has 7 aromatic carbocycles. The number of anilines is 11. The molecular weight excluding hydrogens is 1890 g/mol. The summed E-state index contributed by atoms with van der Waals surface area (Å²) in [6.07, 6.45) is 15.4. The SMILES string of the molecule is C.C.COc1c(NC(=O)c2cc3cccc(NC(=O)c4ccc(NCC5CCCCC5)nc4)c3s2)cc(C(C)(C)C)cc1NS(C)(=O)=O.COc1c(NC(=O)c2cc3cccc(NC(=O)c4ccc(NCc5ccccc5)nc4)c3s2)cc(C(C)(C)C)cc1NS(C)(=O)=O.COc1c(NC(=O)c2cc3cccc(NC(=O)c4cncc(C(=O)N5CCOCC5)c4)c3n2C)cc(C(C)(C)C)cc1NS(C)(=O)=O. The number of fused-ring (bicyclic) bond motifs is 3. The maximum atomic E-state index is 13.8. The van der Waals surface area contributed by atoms with E-state index in [0.717, 1.165) is 73.6 Å². The number of rotatable bonds is 28. The molecule has 6 aromatic heterocycles. The van der Waals surface area contributed by atoms with E-state index in [-0.39, 0.29) is 100 Å². The number of aryl methyl sites for hydroxylation is 1. The Hall–Kier alpha value is -14.1. The summed E-state index contributed by atoms with van der Waals surface area (Å²) in [5.41, 5.74) is 7.82. The van der Waals surface area contributed by atoms with Gasteiger partial charge in [-0.3, -0.25) is 52.7 Å². The molecule has 11 N–H and O–H groups in total. The topological polar surface area (TPSA) is 438 Å². The fourth-order valence-corrected chi connectivity index (χ4v) is 19.4. The van der Waals surface area contributed by atoms with E-state index in [4.69, 9.17) is 18.9 Å². The molecular formula is C103H122N16O17S5. The van der Waals surface area contributed by atoms with Gasteiger partial charge in [-0.15, -0.1) is 22.7 Å². The van der Waals surface area contributed by atoms with Gasteiger partial charge in [0.2, 0.25) is 30.1 Å². The van der Waals surface area contributed by atoms with Gasteiger partial charge in [-0.1, -0.05) is 163 Å². The largest absolute Gasteiger partial charge is 0.492 e. The quantitative estimate of drug-likeness (QED) is 0.0217. The number of hydrogen-bond acceptors (Lipinski definition) is 24. The Morgan fingerprint density at radius 3 is 1.24 bits per heavy atom. The summed E-state index contributed by atoms with van der Waals surface area (Å²) in [6.45, 7) is 21.2. The molecule has 0 radical (unpaired) electrons. The van der Waals surface area contributed by atoms with Gasteiger partial charge in [0, 0.05) is 63.4 Å². The predicted molar refractivity (Wildman–Crippen MR) is 566 cm³/mol. The molecule has 1 saturated carbocycles. The highest BCUT2D eigenvalue weighted by atomic mass is 32.2. The molecule has 0 atom stereocenters. The van der Waals surface area contributed by atoms with Crippen LogP contribution in [0.2, 0.25) is 0 Å². The monoisotopic (exact) mass is 2010 g/mol. The van der Waals surface area contributed by atoms with E-state index in [1.54, 1.807) is 126 Å². The molecule has 0 spiro atoms. The van der Waals surface area contributed by atoms with Crippen molar-refractivity contribution in [1.29, 1.82) is 0 Å². The number of pyridine rings is 3. The lowest BCUT2D eigenvalue weighted by Crippen LogP contribution is -2.40. The van der Waals surface area contributed by atoms with Crippen LogP contribution in [0.1, 0.15) is 203 Å². The number of thiophene rings is 2. The molecule has 1 aliphatic heterocycles. The van der Waals surface area contributed by atoms with Crippen LogP contribution in [0.5, 0.6) is 17.2 Å². The molecule has 1 aliphatic carbocycles. The van der Waals surface area contributed by atoms with Gasteiger partial charge >= 0.3 is 0 Å². The fraction of sp³-hybridized carbons (Fsp3) is 0.320. The van der Waals surface area contributed by atoms with Gasteiger partial charge in [0.05, 0.1) is 151 Å². The van der Waals surface area contributed by atoms with Crippen molar-refractivity contribution in [1.82, 2.24) is 24.4 Å². The molecule has 141 heavy (non-hydrogen) atoms. The van der Waals surface area contributed by atoms with Crippen molar-refractivity contribution in [2.45, 2.75) is 132 Å². The number of nitrogens with one attached hydrogen (secondary N) is 11. The number of carbonyl (C=O) groups is 7. The molecule has 746 valence electrons. The fourth-order valence-electron chi connectivity index (χ4n) is 15.7. The summed E-state index contributed by atoms with van der Waals surface area (Å²) in [7, 11) is -4.96. The average Bonchev–Trinajstić information content (AvgIpc) is 1.67. The molecule has 0 bridgehead atoms. The van der Waals surface area contributed by atoms with Crippen molar-refractivity contribution >= 4 is 188 Å². The van der Waals surface area contributed by atoms with E-state index in [1.807, 2.05) is 123 Å². The molecule has 13 aromatic rings. The summed E-state index contributed by atoms with van der Waals surface area (Å²) >= 11 is 2.47. The average molecular weight is 2020 g/mol. The number of methoxy groups -OCH3 is 3. The van der Waals surface area contributed by atoms with Gasteiger partial charge in [-0.2, -0.15) is 0 Å². The molecule has 1 saturated heterocycles. The van der Waals surface area contributed by atoms with Crippen molar-refractivity contribution in [2.75, 3.05) is 130 Å². The zero-order valence-corrected chi connectivity index (χ0v) is 84.1. The van der Waals surface area contributed by atoms with Crippen LogP contribution in [0.4, 0.5) is 62.8 Å². The van der Waals surface area contributed by atoms with E-state index in [9.17, 15) is 58.8 Å². The Morgan fingerprint density at radius 2 is 0.816 bits per heavy atom. The first-order chi connectivity index (χ1) is 65.8. The van der Waals surface area contributed by atoms with Crippen LogP contribution in [0.15, 0.2) is 195 Å². The van der Waals surface area contributed by atoms with Gasteiger partial charge < -0.3 is 70.9 Å². The normalized spacial score (nSPS) is 13.0. The lowest BCUT2D eigenvalue weighted by Gasteiger charge is -2.26. The lowest BCUT2D eigenvalue weighted by atomic mass is 9.86. The molecule has 7 amide bonds. The standard InChI is InChI=1S/C34H41N5O5S2.C34H35N5O5S2.C33H38N6O7S.2CH4/c2*1-34(2,3)24-17-26(30(44-4)27(18-24)39-46(5,42)43)38-33(41)28-16-22-12-9-13-25(31(22)45-28)37-32(40)23-14-15-29(36-20-23)35-19-21-10-7-6-8-11-21;1-33(2,3)23-16-25(29(45-5)26(17-23)37-47(6,43)44)36-31(41)27-15-20-8-7-9-24(28(20)38(27)4)35-30(40)21-14-22(19-34-18-21)32(42)39-10-12-46-13-11-39;;/h9,12-18,20-21,39H,6-8,10-11,19H2,1-5H3,(H,35,36)(H,37,40)(H,38,41);6-18,20,39H,19H2,1-5H3,(H,35,36)(H,37,40)(H,38,41);7-9,14-19,37H,10-13H2,1-6H3,(H,35,40)(H,36,41);2*1H4. The summed E-state index contributed by atoms with van der Waals surface area (Å²) in [5.74, 6) is 0.0224. The number of para-hydroxylation sites is 1. The number of sulfonamides is 3. The van der Waals surface area contributed by atoms with E-state index in [1.165, 1.54) is 101 Å². The van der Waals surface area contributed by atoms with Crippen LogP contribution in [0, 0.1) is 5.92 Å². The Balaban J connectivity index is 0.000000201. The second kappa shape index (κ2) is 45.5. The van der Waals surface area contributed by atoms with E-state index < -0.39 is 53.7 Å². The number of carbonyl (C=O) groups excluding carboxylic acids is 7. The molecule has 38 heteroatoms. The molecule has 33 nitrogen and oxygen atoms in total. The van der Waals surface area contributed by atoms with Crippen LogP contribution in [-0.4, -0.2) is 164 Å². The number of amides is 7. The van der Waals surface area contributed by atoms with Gasteiger partial charge in [-0.05, 0) is 171 Å². The Morgan fingerprint density at radius 1 is 0.418 bits per heavy atom. The predicted octanol–water partition coefficient (Wildman–Crippen LogP) is 20.1. The minimum Gasteiger partial charge on any atom is -0.492 e. The first-order valence-corrected chi connectivity index (χ1v) is 52.0. The second-order valence-electron chi connectivity index (χ2n) is 36.9. The van der Waals surface area contributed by atoms with Gasteiger partial charge in [0.15, 0.2) is 17.2 Å². The van der Waals surface area contributed by atoms with Gasteiger partial charge in [0.25, 0.3) is 41.4 Å². The zero-order chi connectivity index (χ0) is 100. The smallest absolute Gasteiger partial charge is 0.272 e. The maximum Gasteiger partial charge on any atom is 0.272 e. The summed E-state index contributed by atoms with van der Waals surface area (Å²) in [5, 5.41) is 26.4. The third kappa shape index (κ3) is 28.0. The van der Waals surface area contributed by atoms with Crippen molar-refractivity contribution in [2.24, 2.45) is 13.0 Å². The van der Waals surface area contributed by atoms with Crippen molar-refractivity contribution in [3.8, 4) is 17.2 Å². The number of benzene rings is 7. The molecule has 2 fully saturated rings. The van der Waals surface area contributed by atoms with Gasteiger partial charge in [0.1, 0.15) is 17.3 Å². The number of nitrogens with zero attached hydrogens (tertiary/aromatic N) is 5. The summed E-state index contributed by atoms with van der Waals surface area (Å²) < 4.78 is 105. The summed E-state index contributed by atoms with van der Waals surface area (Å²) in [4.78, 5) is 109. The van der Waals surface area contributed by atoms with E-state index in [2.05, 4.69) is 71.7 Å². The van der Waals surface area contributed by atoms with Crippen LogP contribution >= 0.6 is 22.7 Å². The van der Waals surface area contributed by atoms with Crippen molar-refractivity contribution < 1.29 is 77.8 Å². The van der Waals surface area contributed by atoms with Crippen LogP contribution in [0.3, 0.4) is 0 Å². The van der Waals surface area contributed by atoms with Gasteiger partial charge in [-0.25, -0.2) is 35.2 Å². The first-order valence-electron chi connectivity index (χ1n) is 44.7. The highest BCUT2D eigenvalue weighted by Gasteiger charge is 2.31. The first kappa shape index (κ1) is 107. The van der Waals surface area contributed by atoms with E-state index >= 15 is 0 Å². The number of hydrogen-bond donors (Lipinski definition) is 11. The van der Waals surface area contributed by atoms with E-state index in [0.29, 0.717) is 110 Å². The molecule has 0 unspecified atom stereocenters. The molecule has 2 aliphatic rings. The highest BCUT2D eigenvalue weighted by Crippen LogP contribution is 2.45. The number of ether oxygens (including phenoxy) is 4. The summed E-state index contributed by atoms with van der Waals surface area (Å²) in [6, 6.07) is 50.4. The number of morpholine rings is 1. The Kier molecular flexibility index (Phi) is 34.6. The Bertz CT molecular complexity index is 7160. The van der Waals surface area contributed by atoms with Crippen molar-refractivity contribution in [3.63, 3.8) is 0 Å². The van der Waals surface area contributed by atoms with Crippen molar-refractivity contribution in [3.05, 3.63) is 255 Å². The number of aromatic nitrogens is 4. The van der Waals surface area contributed by atoms with Crippen LogP contribution in [0.25, 0.3) is 31.1 Å². The minimum absolute atomic E-state index is 0.